The molecule has 0 fully saturated rings. The first-order valence-corrected chi connectivity index (χ1v) is 10.1. The number of aromatic nitrogens is 2. The fraction of sp³-hybridized carbons (Fsp3) is 0.261. The van der Waals surface area contributed by atoms with Crippen LogP contribution in [0, 0.1) is 20.8 Å². The highest BCUT2D eigenvalue weighted by atomic mass is 35.5. The summed E-state index contributed by atoms with van der Waals surface area (Å²) in [5, 5.41) is 11.0. The van der Waals surface area contributed by atoms with Crippen LogP contribution in [0.3, 0.4) is 0 Å². The van der Waals surface area contributed by atoms with Crippen molar-refractivity contribution in [3.8, 4) is 5.69 Å². The van der Waals surface area contributed by atoms with Gasteiger partial charge in [0.25, 0.3) is 0 Å². The minimum Gasteiger partial charge on any atom is -0.352 e. The summed E-state index contributed by atoms with van der Waals surface area (Å²) in [6.45, 7) is 7.65. The summed E-state index contributed by atoms with van der Waals surface area (Å²) in [5.74, 6) is -0.221. The number of anilines is 1. The Morgan fingerprint density at radius 2 is 1.87 bits per heavy atom. The van der Waals surface area contributed by atoms with Gasteiger partial charge in [-0.05, 0) is 56.2 Å². The maximum absolute atomic E-state index is 12.6. The van der Waals surface area contributed by atoms with Crippen LogP contribution in [0.15, 0.2) is 42.5 Å². The second-order valence-corrected chi connectivity index (χ2v) is 7.74. The molecule has 0 atom stereocenters. The lowest BCUT2D eigenvalue weighted by molar-refractivity contribution is -0.120. The third kappa shape index (κ3) is 5.07. The van der Waals surface area contributed by atoms with Gasteiger partial charge in [-0.15, -0.1) is 0 Å². The Morgan fingerprint density at radius 1 is 1.10 bits per heavy atom. The van der Waals surface area contributed by atoms with E-state index in [1.807, 2.05) is 67.9 Å². The molecule has 0 spiro atoms. The minimum atomic E-state index is -0.131. The predicted octanol–water partition coefficient (Wildman–Crippen LogP) is 4.27. The molecular formula is C23H25ClN4O2. The van der Waals surface area contributed by atoms with Gasteiger partial charge in [0.2, 0.25) is 11.8 Å². The number of aryl methyl sites for hydroxylation is 2. The number of nitrogens with one attached hydrogen (secondary N) is 2. The molecule has 0 saturated heterocycles. The minimum absolute atomic E-state index is 0.0902. The van der Waals surface area contributed by atoms with Gasteiger partial charge < -0.3 is 10.6 Å². The third-order valence-corrected chi connectivity index (χ3v) is 5.32. The molecule has 7 heteroatoms. The molecule has 0 aliphatic heterocycles. The number of amides is 2. The molecule has 156 valence electrons. The zero-order chi connectivity index (χ0) is 21.8. The van der Waals surface area contributed by atoms with E-state index < -0.39 is 0 Å². The van der Waals surface area contributed by atoms with Gasteiger partial charge in [0.05, 0.1) is 17.8 Å². The Balaban J connectivity index is 1.69. The third-order valence-electron chi connectivity index (χ3n) is 4.92. The van der Waals surface area contributed by atoms with Gasteiger partial charge in [0.1, 0.15) is 0 Å². The molecule has 2 amide bonds. The highest BCUT2D eigenvalue weighted by Gasteiger charge is 2.16. The number of carbonyl (C=O) groups is 2. The highest BCUT2D eigenvalue weighted by molar-refractivity contribution is 6.31. The quantitative estimate of drug-likeness (QED) is 0.620. The van der Waals surface area contributed by atoms with Crippen molar-refractivity contribution >= 4 is 29.1 Å². The van der Waals surface area contributed by atoms with Crippen molar-refractivity contribution in [2.75, 3.05) is 5.32 Å². The van der Waals surface area contributed by atoms with Gasteiger partial charge >= 0.3 is 0 Å². The largest absolute Gasteiger partial charge is 0.352 e. The maximum Gasteiger partial charge on any atom is 0.224 e. The van der Waals surface area contributed by atoms with Crippen LogP contribution >= 0.6 is 11.6 Å². The summed E-state index contributed by atoms with van der Waals surface area (Å²) >= 11 is 6.26. The summed E-state index contributed by atoms with van der Waals surface area (Å²) in [5.41, 5.74) is 6.11. The van der Waals surface area contributed by atoms with E-state index in [1.165, 1.54) is 6.92 Å². The van der Waals surface area contributed by atoms with Crippen LogP contribution in [0.2, 0.25) is 5.02 Å². The molecule has 0 aliphatic rings. The Kier molecular flexibility index (Phi) is 6.57. The number of rotatable bonds is 6. The number of halogens is 1. The standard InChI is InChI=1S/C23H25ClN4O2/c1-14-8-9-20(11-22(14)24)28-16(3)21(15(2)27-28)12-23(30)25-13-18-6-5-7-19(10-18)26-17(4)29/h5-11H,12-13H2,1-4H3,(H,25,30)(H,26,29). The fourth-order valence-electron chi connectivity index (χ4n) is 3.28. The Bertz CT molecular complexity index is 1100. The lowest BCUT2D eigenvalue weighted by Crippen LogP contribution is -2.25. The lowest BCUT2D eigenvalue weighted by atomic mass is 10.1. The van der Waals surface area contributed by atoms with Crippen LogP contribution in [-0.2, 0) is 22.6 Å². The monoisotopic (exact) mass is 424 g/mol. The summed E-state index contributed by atoms with van der Waals surface area (Å²) in [6.07, 6.45) is 0.239. The first kappa shape index (κ1) is 21.6. The van der Waals surface area contributed by atoms with Crippen molar-refractivity contribution in [1.29, 1.82) is 0 Å². The average molecular weight is 425 g/mol. The molecule has 2 N–H and O–H groups in total. The summed E-state index contributed by atoms with van der Waals surface area (Å²) < 4.78 is 1.82. The van der Waals surface area contributed by atoms with Crippen molar-refractivity contribution < 1.29 is 9.59 Å². The van der Waals surface area contributed by atoms with Crippen LogP contribution < -0.4 is 10.6 Å². The molecule has 0 aliphatic carbocycles. The van der Waals surface area contributed by atoms with E-state index in [4.69, 9.17) is 11.6 Å². The Morgan fingerprint density at radius 3 is 2.57 bits per heavy atom. The molecule has 0 saturated carbocycles. The fourth-order valence-corrected chi connectivity index (χ4v) is 3.46. The van der Waals surface area contributed by atoms with E-state index in [0.29, 0.717) is 17.3 Å². The first-order chi connectivity index (χ1) is 14.2. The van der Waals surface area contributed by atoms with Gasteiger partial charge in [-0.3, -0.25) is 9.59 Å². The number of hydrogen-bond acceptors (Lipinski definition) is 3. The maximum atomic E-state index is 12.6. The molecule has 3 rings (SSSR count). The van der Waals surface area contributed by atoms with E-state index in [1.54, 1.807) is 0 Å². The van der Waals surface area contributed by atoms with Crippen molar-refractivity contribution in [3.05, 3.63) is 75.6 Å². The number of carbonyl (C=O) groups excluding carboxylic acids is 2. The average Bonchev–Trinajstić information content (AvgIpc) is 2.96. The topological polar surface area (TPSA) is 76.0 Å². The van der Waals surface area contributed by atoms with Crippen LogP contribution in [-0.4, -0.2) is 21.6 Å². The van der Waals surface area contributed by atoms with E-state index in [9.17, 15) is 9.59 Å². The van der Waals surface area contributed by atoms with Crippen molar-refractivity contribution in [1.82, 2.24) is 15.1 Å². The molecule has 1 aromatic heterocycles. The van der Waals surface area contributed by atoms with E-state index in [-0.39, 0.29) is 18.2 Å². The highest BCUT2D eigenvalue weighted by Crippen LogP contribution is 2.23. The van der Waals surface area contributed by atoms with E-state index >= 15 is 0 Å². The molecule has 0 bridgehead atoms. The lowest BCUT2D eigenvalue weighted by Gasteiger charge is -2.09. The van der Waals surface area contributed by atoms with Gasteiger partial charge in [-0.1, -0.05) is 29.8 Å². The summed E-state index contributed by atoms with van der Waals surface area (Å²) in [4.78, 5) is 23.8. The Hall–Kier alpha value is -3.12. The zero-order valence-electron chi connectivity index (χ0n) is 17.5. The first-order valence-electron chi connectivity index (χ1n) is 9.69. The molecular weight excluding hydrogens is 400 g/mol. The van der Waals surface area contributed by atoms with Crippen LogP contribution in [0.25, 0.3) is 5.69 Å². The molecule has 0 unspecified atom stereocenters. The molecule has 6 nitrogen and oxygen atoms in total. The molecule has 3 aromatic rings. The molecule has 2 aromatic carbocycles. The van der Waals surface area contributed by atoms with E-state index in [0.717, 1.165) is 33.8 Å². The Labute approximate surface area is 181 Å². The second-order valence-electron chi connectivity index (χ2n) is 7.33. The smallest absolute Gasteiger partial charge is 0.224 e. The van der Waals surface area contributed by atoms with Crippen LogP contribution in [0.4, 0.5) is 5.69 Å². The van der Waals surface area contributed by atoms with Crippen molar-refractivity contribution in [2.24, 2.45) is 0 Å². The van der Waals surface area contributed by atoms with Gasteiger partial charge in [0, 0.05) is 35.4 Å². The number of nitrogens with zero attached hydrogens (tertiary/aromatic N) is 2. The van der Waals surface area contributed by atoms with Gasteiger partial charge in [-0.2, -0.15) is 5.10 Å². The normalized spacial score (nSPS) is 10.7. The molecule has 1 heterocycles. The van der Waals surface area contributed by atoms with Gasteiger partial charge in [-0.25, -0.2) is 4.68 Å². The van der Waals surface area contributed by atoms with Crippen LogP contribution in [0.5, 0.6) is 0 Å². The van der Waals surface area contributed by atoms with Crippen molar-refractivity contribution in [3.63, 3.8) is 0 Å². The zero-order valence-corrected chi connectivity index (χ0v) is 18.3. The SMILES string of the molecule is CC(=O)Nc1cccc(CNC(=O)Cc2c(C)nn(-c3ccc(C)c(Cl)c3)c2C)c1. The van der Waals surface area contributed by atoms with Gasteiger partial charge in [0.15, 0.2) is 0 Å². The predicted molar refractivity (Wildman–Crippen MR) is 119 cm³/mol. The number of hydrogen-bond donors (Lipinski definition) is 2. The number of benzene rings is 2. The molecule has 0 radical (unpaired) electrons. The second kappa shape index (κ2) is 9.13. The summed E-state index contributed by atoms with van der Waals surface area (Å²) in [6, 6.07) is 13.2. The summed E-state index contributed by atoms with van der Waals surface area (Å²) in [7, 11) is 0. The molecule has 30 heavy (non-hydrogen) atoms. The van der Waals surface area contributed by atoms with Crippen LogP contribution in [0.1, 0.15) is 35.0 Å². The van der Waals surface area contributed by atoms with Crippen molar-refractivity contribution in [2.45, 2.75) is 40.7 Å². The van der Waals surface area contributed by atoms with E-state index in [2.05, 4.69) is 15.7 Å².